The van der Waals surface area contributed by atoms with E-state index in [4.69, 9.17) is 5.11 Å². The molecule has 0 amide bonds. The first-order valence-electron chi connectivity index (χ1n) is 2.19. The third kappa shape index (κ3) is 7.31. The zero-order valence-electron chi connectivity index (χ0n) is 4.50. The Balaban J connectivity index is 3.50. The summed E-state index contributed by atoms with van der Waals surface area (Å²) in [6, 6.07) is 0. The van der Waals surface area contributed by atoms with Crippen molar-refractivity contribution in [3.8, 4) is 11.8 Å². The molecule has 0 unspecified atom stereocenters. The Kier molecular flexibility index (Phi) is 3.10. The standard InChI is InChI=1S/C5H5F3O/c6-5(7,8)3-1-2-4-9/h9H,3-4H2. The summed E-state index contributed by atoms with van der Waals surface area (Å²) in [6.07, 6.45) is -5.38. The predicted molar refractivity (Wildman–Crippen MR) is 25.5 cm³/mol. The number of alkyl halides is 3. The quantitative estimate of drug-likeness (QED) is 0.494. The molecule has 0 atom stereocenters. The molecule has 0 rings (SSSR count). The van der Waals surface area contributed by atoms with Gasteiger partial charge in [0.05, 0.1) is 0 Å². The predicted octanol–water partition coefficient (Wildman–Crippen LogP) is 0.935. The van der Waals surface area contributed by atoms with E-state index in [1.165, 1.54) is 0 Å². The van der Waals surface area contributed by atoms with Gasteiger partial charge >= 0.3 is 6.18 Å². The Labute approximate surface area is 50.5 Å². The van der Waals surface area contributed by atoms with E-state index in [1.807, 2.05) is 5.92 Å². The van der Waals surface area contributed by atoms with Gasteiger partial charge in [0.25, 0.3) is 0 Å². The van der Waals surface area contributed by atoms with Gasteiger partial charge in [-0.1, -0.05) is 11.8 Å². The third-order valence-electron chi connectivity index (χ3n) is 0.493. The summed E-state index contributed by atoms with van der Waals surface area (Å²) in [5.41, 5.74) is 0. The summed E-state index contributed by atoms with van der Waals surface area (Å²) < 4.78 is 33.6. The van der Waals surface area contributed by atoms with Gasteiger partial charge < -0.3 is 5.11 Å². The number of aliphatic hydroxyl groups excluding tert-OH is 1. The van der Waals surface area contributed by atoms with Crippen molar-refractivity contribution in [1.82, 2.24) is 0 Å². The molecule has 52 valence electrons. The first kappa shape index (κ1) is 8.31. The maximum Gasteiger partial charge on any atom is 0.399 e. The van der Waals surface area contributed by atoms with Crippen LogP contribution < -0.4 is 0 Å². The molecule has 0 aromatic heterocycles. The summed E-state index contributed by atoms with van der Waals surface area (Å²) in [6.45, 7) is -0.518. The maximum atomic E-state index is 11.2. The van der Waals surface area contributed by atoms with Crippen molar-refractivity contribution in [3.63, 3.8) is 0 Å². The minimum atomic E-state index is -4.23. The smallest absolute Gasteiger partial charge is 0.384 e. The van der Waals surface area contributed by atoms with E-state index in [9.17, 15) is 13.2 Å². The van der Waals surface area contributed by atoms with Crippen LogP contribution in [0.5, 0.6) is 0 Å². The molecule has 9 heavy (non-hydrogen) atoms. The molecule has 0 aliphatic carbocycles. The lowest BCUT2D eigenvalue weighted by atomic mass is 10.4. The van der Waals surface area contributed by atoms with E-state index in [-0.39, 0.29) is 0 Å². The van der Waals surface area contributed by atoms with E-state index >= 15 is 0 Å². The van der Waals surface area contributed by atoms with Crippen molar-refractivity contribution in [2.24, 2.45) is 0 Å². The van der Waals surface area contributed by atoms with Crippen LogP contribution in [0.4, 0.5) is 13.2 Å². The largest absolute Gasteiger partial charge is 0.399 e. The molecule has 0 fully saturated rings. The van der Waals surface area contributed by atoms with Crippen molar-refractivity contribution >= 4 is 0 Å². The van der Waals surface area contributed by atoms with Gasteiger partial charge in [-0.25, -0.2) is 0 Å². The lowest BCUT2D eigenvalue weighted by Crippen LogP contribution is -2.04. The van der Waals surface area contributed by atoms with Crippen LogP contribution in [0.1, 0.15) is 6.42 Å². The molecule has 0 aliphatic rings. The normalized spacial score (nSPS) is 10.2. The van der Waals surface area contributed by atoms with Crippen LogP contribution in [0.2, 0.25) is 0 Å². The van der Waals surface area contributed by atoms with Crippen LogP contribution in [0.25, 0.3) is 0 Å². The Morgan fingerprint density at radius 2 is 1.78 bits per heavy atom. The zero-order chi connectivity index (χ0) is 7.33. The molecule has 1 N–H and O–H groups in total. The van der Waals surface area contributed by atoms with Crippen molar-refractivity contribution in [1.29, 1.82) is 0 Å². The molecule has 0 aromatic carbocycles. The summed E-state index contributed by atoms with van der Waals surface area (Å²) >= 11 is 0. The number of hydrogen-bond acceptors (Lipinski definition) is 1. The summed E-state index contributed by atoms with van der Waals surface area (Å²) in [7, 11) is 0. The van der Waals surface area contributed by atoms with Gasteiger partial charge in [-0.2, -0.15) is 13.2 Å². The highest BCUT2D eigenvalue weighted by atomic mass is 19.4. The number of hydrogen-bond donors (Lipinski definition) is 1. The lowest BCUT2D eigenvalue weighted by Gasteiger charge is -1.96. The second-order valence-corrected chi connectivity index (χ2v) is 1.30. The van der Waals surface area contributed by atoms with Crippen molar-refractivity contribution < 1.29 is 18.3 Å². The zero-order valence-corrected chi connectivity index (χ0v) is 4.50. The van der Waals surface area contributed by atoms with Gasteiger partial charge in [0.15, 0.2) is 0 Å². The first-order chi connectivity index (χ1) is 4.06. The second kappa shape index (κ2) is 3.36. The molecule has 0 saturated carbocycles. The van der Waals surface area contributed by atoms with Crippen molar-refractivity contribution in [2.75, 3.05) is 6.61 Å². The molecule has 4 heteroatoms. The SMILES string of the molecule is OCC#CCC(F)(F)F. The first-order valence-corrected chi connectivity index (χ1v) is 2.19. The average molecular weight is 138 g/mol. The lowest BCUT2D eigenvalue weighted by molar-refractivity contribution is -0.123. The van der Waals surface area contributed by atoms with Crippen LogP contribution in [0.15, 0.2) is 0 Å². The van der Waals surface area contributed by atoms with Crippen molar-refractivity contribution in [3.05, 3.63) is 0 Å². The van der Waals surface area contributed by atoms with Crippen LogP contribution >= 0.6 is 0 Å². The average Bonchev–Trinajstić information content (AvgIpc) is 1.63. The van der Waals surface area contributed by atoms with Gasteiger partial charge in [0.1, 0.15) is 13.0 Å². The molecular formula is C5H5F3O. The van der Waals surface area contributed by atoms with E-state index in [2.05, 4.69) is 0 Å². The minimum absolute atomic E-state index is 0.518. The van der Waals surface area contributed by atoms with E-state index in [0.717, 1.165) is 0 Å². The summed E-state index contributed by atoms with van der Waals surface area (Å²) in [5.74, 6) is 3.64. The maximum absolute atomic E-state index is 11.2. The molecule has 0 radical (unpaired) electrons. The highest BCUT2D eigenvalue weighted by Gasteiger charge is 2.24. The fourth-order valence-electron chi connectivity index (χ4n) is 0.219. The highest BCUT2D eigenvalue weighted by Crippen LogP contribution is 2.17. The van der Waals surface area contributed by atoms with Gasteiger partial charge in [0, 0.05) is 0 Å². The number of aliphatic hydroxyl groups is 1. The summed E-state index contributed by atoms with van der Waals surface area (Å²) in [5, 5.41) is 7.92. The third-order valence-corrected chi connectivity index (χ3v) is 0.493. The van der Waals surface area contributed by atoms with Crippen LogP contribution in [0.3, 0.4) is 0 Å². The Morgan fingerprint density at radius 1 is 1.22 bits per heavy atom. The van der Waals surface area contributed by atoms with Crippen LogP contribution in [-0.2, 0) is 0 Å². The molecule has 0 heterocycles. The Hall–Kier alpha value is -0.690. The second-order valence-electron chi connectivity index (χ2n) is 1.30. The van der Waals surface area contributed by atoms with E-state index in [1.54, 1.807) is 5.92 Å². The summed E-state index contributed by atoms with van der Waals surface area (Å²) in [4.78, 5) is 0. The van der Waals surface area contributed by atoms with Crippen LogP contribution in [0, 0.1) is 11.8 Å². The molecule has 0 spiro atoms. The van der Waals surface area contributed by atoms with Gasteiger partial charge in [0.2, 0.25) is 0 Å². The van der Waals surface area contributed by atoms with Crippen molar-refractivity contribution in [2.45, 2.75) is 12.6 Å². The minimum Gasteiger partial charge on any atom is -0.384 e. The molecular weight excluding hydrogens is 133 g/mol. The fraction of sp³-hybridized carbons (Fsp3) is 0.600. The van der Waals surface area contributed by atoms with Gasteiger partial charge in [-0.15, -0.1) is 0 Å². The Morgan fingerprint density at radius 3 is 2.11 bits per heavy atom. The molecule has 0 aliphatic heterocycles. The highest BCUT2D eigenvalue weighted by molar-refractivity contribution is 4.99. The molecule has 0 saturated heterocycles. The number of halogens is 3. The molecule has 0 aromatic rings. The van der Waals surface area contributed by atoms with Gasteiger partial charge in [-0.3, -0.25) is 0 Å². The molecule has 1 nitrogen and oxygen atoms in total. The number of rotatable bonds is 0. The van der Waals surface area contributed by atoms with Crippen LogP contribution in [-0.4, -0.2) is 17.9 Å². The van der Waals surface area contributed by atoms with Gasteiger partial charge in [-0.05, 0) is 0 Å². The molecule has 0 bridgehead atoms. The van der Waals surface area contributed by atoms with E-state index in [0.29, 0.717) is 0 Å². The topological polar surface area (TPSA) is 20.2 Å². The van der Waals surface area contributed by atoms with E-state index < -0.39 is 19.2 Å². The Bertz CT molecular complexity index is 127. The monoisotopic (exact) mass is 138 g/mol. The fourth-order valence-corrected chi connectivity index (χ4v) is 0.219.